The highest BCUT2D eigenvalue weighted by molar-refractivity contribution is 6.30. The molecule has 0 radical (unpaired) electrons. The van der Waals surface area contributed by atoms with E-state index in [0.717, 1.165) is 12.1 Å². The number of nitro benzene ring substituents is 1. The van der Waals surface area contributed by atoms with Crippen LogP contribution in [0.2, 0.25) is 5.02 Å². The van der Waals surface area contributed by atoms with Crippen LogP contribution >= 0.6 is 11.6 Å². The number of halogens is 4. The van der Waals surface area contributed by atoms with Crippen LogP contribution in [0.1, 0.15) is 13.8 Å². The summed E-state index contributed by atoms with van der Waals surface area (Å²) in [6.45, 7) is 1.05. The normalized spacial score (nSPS) is 11.5. The van der Waals surface area contributed by atoms with Gasteiger partial charge in [-0.25, -0.2) is 0 Å². The van der Waals surface area contributed by atoms with Gasteiger partial charge in [-0.2, -0.15) is 13.2 Å². The summed E-state index contributed by atoms with van der Waals surface area (Å²) in [6.07, 6.45) is -4.55. The number of benzene rings is 1. The van der Waals surface area contributed by atoms with E-state index in [-0.39, 0.29) is 23.2 Å². The zero-order valence-electron chi connectivity index (χ0n) is 13.0. The molecule has 0 fully saturated rings. The second-order valence-corrected chi connectivity index (χ2v) is 5.88. The van der Waals surface area contributed by atoms with Gasteiger partial charge in [-0.15, -0.1) is 0 Å². The van der Waals surface area contributed by atoms with Crippen LogP contribution in [0.3, 0.4) is 0 Å². The first-order chi connectivity index (χ1) is 11.0. The van der Waals surface area contributed by atoms with E-state index in [1.807, 2.05) is 0 Å². The van der Waals surface area contributed by atoms with Crippen molar-refractivity contribution < 1.29 is 27.6 Å². The van der Waals surface area contributed by atoms with E-state index in [4.69, 9.17) is 16.3 Å². The first kappa shape index (κ1) is 20.0. The Kier molecular flexibility index (Phi) is 6.82. The number of hydrogen-bond donors (Lipinski definition) is 0. The minimum atomic E-state index is -4.55. The molecule has 134 valence electrons. The second-order valence-electron chi connectivity index (χ2n) is 5.44. The summed E-state index contributed by atoms with van der Waals surface area (Å²) in [7, 11) is 0. The summed E-state index contributed by atoms with van der Waals surface area (Å²) in [5.41, 5.74) is -0.432. The summed E-state index contributed by atoms with van der Waals surface area (Å²) in [6, 6.07) is 3.48. The van der Waals surface area contributed by atoms with Gasteiger partial charge in [-0.1, -0.05) is 25.4 Å². The van der Waals surface area contributed by atoms with E-state index in [1.165, 1.54) is 6.07 Å². The molecule has 0 saturated heterocycles. The van der Waals surface area contributed by atoms with Crippen molar-refractivity contribution in [2.45, 2.75) is 20.0 Å². The Morgan fingerprint density at radius 1 is 1.42 bits per heavy atom. The minimum absolute atomic E-state index is 0.112. The lowest BCUT2D eigenvalue weighted by atomic mass is 10.2. The predicted molar refractivity (Wildman–Crippen MR) is 81.1 cm³/mol. The molecule has 24 heavy (non-hydrogen) atoms. The topological polar surface area (TPSA) is 72.7 Å². The largest absolute Gasteiger partial charge is 0.477 e. The molecule has 1 amide bonds. The Hall–Kier alpha value is -2.03. The van der Waals surface area contributed by atoms with E-state index < -0.39 is 35.8 Å². The Balaban J connectivity index is 2.85. The average Bonchev–Trinajstić information content (AvgIpc) is 2.41. The van der Waals surface area contributed by atoms with Crippen LogP contribution in [-0.4, -0.2) is 41.6 Å². The molecule has 0 aromatic heterocycles. The van der Waals surface area contributed by atoms with Gasteiger partial charge >= 0.3 is 11.9 Å². The van der Waals surface area contributed by atoms with E-state index in [2.05, 4.69) is 0 Å². The number of nitro groups is 1. The van der Waals surface area contributed by atoms with Crippen molar-refractivity contribution in [1.29, 1.82) is 0 Å². The van der Waals surface area contributed by atoms with E-state index in [0.29, 0.717) is 4.90 Å². The molecule has 0 bridgehead atoms. The number of ether oxygens (including phenoxy) is 1. The maximum Gasteiger partial charge on any atom is 0.406 e. The SMILES string of the molecule is CC(C)CN(CC(F)(F)F)C(=O)COc1cc(Cl)ccc1[N+](=O)[O-]. The molecule has 0 aliphatic heterocycles. The lowest BCUT2D eigenvalue weighted by Crippen LogP contribution is -2.43. The maximum atomic E-state index is 12.6. The third-order valence-corrected chi connectivity index (χ3v) is 3.01. The van der Waals surface area contributed by atoms with Gasteiger partial charge in [0.15, 0.2) is 12.4 Å². The van der Waals surface area contributed by atoms with Gasteiger partial charge in [-0.3, -0.25) is 14.9 Å². The first-order valence-electron chi connectivity index (χ1n) is 6.91. The molecular weight excluding hydrogens is 353 g/mol. The molecule has 0 aliphatic carbocycles. The van der Waals surface area contributed by atoms with Crippen molar-refractivity contribution in [2.75, 3.05) is 19.7 Å². The highest BCUT2D eigenvalue weighted by Crippen LogP contribution is 2.30. The Morgan fingerprint density at radius 3 is 2.54 bits per heavy atom. The average molecular weight is 369 g/mol. The van der Waals surface area contributed by atoms with Crippen molar-refractivity contribution in [2.24, 2.45) is 5.92 Å². The van der Waals surface area contributed by atoms with Crippen molar-refractivity contribution in [3.63, 3.8) is 0 Å². The smallest absolute Gasteiger partial charge is 0.406 e. The number of nitrogens with zero attached hydrogens (tertiary/aromatic N) is 2. The van der Waals surface area contributed by atoms with Crippen molar-refractivity contribution in [3.8, 4) is 5.75 Å². The first-order valence-corrected chi connectivity index (χ1v) is 7.28. The van der Waals surface area contributed by atoms with E-state index in [9.17, 15) is 28.1 Å². The number of hydrogen-bond acceptors (Lipinski definition) is 4. The fraction of sp³-hybridized carbons (Fsp3) is 0.500. The monoisotopic (exact) mass is 368 g/mol. The van der Waals surface area contributed by atoms with Gasteiger partial charge in [-0.05, 0) is 12.0 Å². The van der Waals surface area contributed by atoms with Crippen LogP contribution < -0.4 is 4.74 Å². The molecule has 0 atom stereocenters. The lowest BCUT2D eigenvalue weighted by Gasteiger charge is -2.25. The summed E-state index contributed by atoms with van der Waals surface area (Å²) in [5, 5.41) is 11.0. The summed E-state index contributed by atoms with van der Waals surface area (Å²) in [4.78, 5) is 22.8. The van der Waals surface area contributed by atoms with E-state index >= 15 is 0 Å². The van der Waals surface area contributed by atoms with Crippen LogP contribution in [0.25, 0.3) is 0 Å². The van der Waals surface area contributed by atoms with Gasteiger partial charge in [0.1, 0.15) is 6.54 Å². The molecule has 0 N–H and O–H groups in total. The van der Waals surface area contributed by atoms with Crippen molar-refractivity contribution in [1.82, 2.24) is 4.90 Å². The molecule has 10 heteroatoms. The lowest BCUT2D eigenvalue weighted by molar-refractivity contribution is -0.385. The molecule has 1 rings (SSSR count). The van der Waals surface area contributed by atoms with Crippen LogP contribution in [0.15, 0.2) is 18.2 Å². The fourth-order valence-corrected chi connectivity index (χ4v) is 2.06. The van der Waals surface area contributed by atoms with Crippen molar-refractivity contribution in [3.05, 3.63) is 33.3 Å². The summed E-state index contributed by atoms with van der Waals surface area (Å²) >= 11 is 5.71. The highest BCUT2D eigenvalue weighted by atomic mass is 35.5. The zero-order valence-corrected chi connectivity index (χ0v) is 13.7. The number of alkyl halides is 3. The number of amides is 1. The standard InChI is InChI=1S/C14H16ClF3N2O4/c1-9(2)6-19(8-14(16,17)18)13(21)7-24-12-5-10(15)3-4-11(12)20(22)23/h3-5,9H,6-8H2,1-2H3. The van der Waals surface area contributed by atoms with Crippen molar-refractivity contribution >= 4 is 23.2 Å². The molecule has 0 spiro atoms. The number of carbonyl (C=O) groups excluding carboxylic acids is 1. The Labute approximate surface area is 141 Å². The molecule has 0 heterocycles. The van der Waals surface area contributed by atoms with E-state index in [1.54, 1.807) is 13.8 Å². The van der Waals surface area contributed by atoms with Crippen LogP contribution in [0.4, 0.5) is 18.9 Å². The maximum absolute atomic E-state index is 12.6. The van der Waals surface area contributed by atoms with Gasteiger partial charge in [0.05, 0.1) is 4.92 Å². The molecule has 0 saturated carbocycles. The van der Waals surface area contributed by atoms with Crippen LogP contribution in [-0.2, 0) is 4.79 Å². The second kappa shape index (κ2) is 8.18. The molecule has 1 aromatic rings. The predicted octanol–water partition coefficient (Wildman–Crippen LogP) is 3.67. The Bertz CT molecular complexity index is 608. The fourth-order valence-electron chi connectivity index (χ4n) is 1.90. The zero-order chi connectivity index (χ0) is 18.5. The summed E-state index contributed by atoms with van der Waals surface area (Å²) < 4.78 is 42.7. The quantitative estimate of drug-likeness (QED) is 0.543. The van der Waals surface area contributed by atoms with Gasteiger partial charge in [0, 0.05) is 23.7 Å². The third kappa shape index (κ3) is 6.61. The van der Waals surface area contributed by atoms with Crippen LogP contribution in [0.5, 0.6) is 5.75 Å². The highest BCUT2D eigenvalue weighted by Gasteiger charge is 2.33. The molecule has 6 nitrogen and oxygen atoms in total. The third-order valence-electron chi connectivity index (χ3n) is 2.78. The molecule has 1 aromatic carbocycles. The summed E-state index contributed by atoms with van der Waals surface area (Å²) in [5.74, 6) is -1.38. The number of carbonyl (C=O) groups is 1. The Morgan fingerprint density at radius 2 is 2.04 bits per heavy atom. The minimum Gasteiger partial charge on any atom is -0.477 e. The number of rotatable bonds is 7. The van der Waals surface area contributed by atoms with Gasteiger partial charge in [0.2, 0.25) is 0 Å². The molecule has 0 aliphatic rings. The van der Waals surface area contributed by atoms with Gasteiger partial charge in [0.25, 0.3) is 5.91 Å². The van der Waals surface area contributed by atoms with Gasteiger partial charge < -0.3 is 9.64 Å². The molecule has 0 unspecified atom stereocenters. The molecular formula is C14H16ClF3N2O4. The van der Waals surface area contributed by atoms with Crippen LogP contribution in [0, 0.1) is 16.0 Å².